The van der Waals surface area contributed by atoms with Crippen molar-refractivity contribution >= 4 is 40.6 Å². The van der Waals surface area contributed by atoms with E-state index >= 15 is 0 Å². The Morgan fingerprint density at radius 1 is 0.780 bits per heavy atom. The van der Waals surface area contributed by atoms with Crippen LogP contribution >= 0.6 is 0 Å². The van der Waals surface area contributed by atoms with Gasteiger partial charge in [0.05, 0.1) is 11.4 Å². The molecule has 1 heterocycles. The molecule has 4 aliphatic carbocycles. The third kappa shape index (κ3) is 4.67. The second kappa shape index (κ2) is 10.1. The minimum atomic E-state index is -1.37. The molecule has 1 unspecified atom stereocenters. The molecule has 7 nitrogen and oxygen atoms in total. The summed E-state index contributed by atoms with van der Waals surface area (Å²) in [5, 5.41) is 5.62. The number of aryl methyl sites for hydroxylation is 1. The van der Waals surface area contributed by atoms with Gasteiger partial charge in [0.15, 0.2) is 6.04 Å². The van der Waals surface area contributed by atoms with Gasteiger partial charge in [-0.1, -0.05) is 48.5 Å². The topological polar surface area (TPSA) is 81.8 Å². The van der Waals surface area contributed by atoms with Gasteiger partial charge < -0.3 is 15.5 Å². The summed E-state index contributed by atoms with van der Waals surface area (Å²) in [6.07, 6.45) is 7.33. The number of fused-ring (bicyclic) bond motifs is 1. The fourth-order valence-electron chi connectivity index (χ4n) is 8.46. The number of urea groups is 1. The van der Waals surface area contributed by atoms with Crippen molar-refractivity contribution in [2.75, 3.05) is 21.7 Å². The number of para-hydroxylation sites is 4. The van der Waals surface area contributed by atoms with E-state index in [0.717, 1.165) is 42.6 Å². The fourth-order valence-corrected chi connectivity index (χ4v) is 8.46. The van der Waals surface area contributed by atoms with Gasteiger partial charge in [-0.05, 0) is 105 Å². The van der Waals surface area contributed by atoms with Gasteiger partial charge in [0.1, 0.15) is 0 Å². The molecule has 3 aromatic carbocycles. The highest BCUT2D eigenvalue weighted by molar-refractivity contribution is 6.24. The van der Waals surface area contributed by atoms with Crippen molar-refractivity contribution in [2.24, 2.45) is 23.2 Å². The Balaban J connectivity index is 1.28. The summed E-state index contributed by atoms with van der Waals surface area (Å²) in [6, 6.07) is 22.5. The van der Waals surface area contributed by atoms with Crippen LogP contribution in [0.15, 0.2) is 78.9 Å². The van der Waals surface area contributed by atoms with Crippen LogP contribution in [0.25, 0.3) is 0 Å². The molecule has 210 valence electrons. The molecule has 4 bridgehead atoms. The maximum Gasteiger partial charge on any atom is 0.320 e. The third-order valence-corrected chi connectivity index (χ3v) is 9.74. The lowest BCUT2D eigenvalue weighted by molar-refractivity contribution is -0.129. The number of rotatable bonds is 5. The van der Waals surface area contributed by atoms with E-state index in [1.165, 1.54) is 19.3 Å². The third-order valence-electron chi connectivity index (χ3n) is 9.74. The zero-order valence-electron chi connectivity index (χ0n) is 23.4. The summed E-state index contributed by atoms with van der Waals surface area (Å²) < 4.78 is 0. The van der Waals surface area contributed by atoms with Crippen LogP contribution in [0.1, 0.15) is 44.1 Å². The van der Waals surface area contributed by atoms with Crippen molar-refractivity contribution in [1.82, 2.24) is 5.32 Å². The Labute approximate surface area is 240 Å². The number of hydrogen-bond donors (Lipinski definition) is 2. The molecule has 0 spiro atoms. The van der Waals surface area contributed by atoms with Crippen LogP contribution in [0.3, 0.4) is 0 Å². The fraction of sp³-hybridized carbons (Fsp3) is 0.382. The zero-order valence-corrected chi connectivity index (χ0v) is 23.4. The molecule has 3 aromatic rings. The number of benzene rings is 3. The van der Waals surface area contributed by atoms with E-state index < -0.39 is 18.0 Å². The first-order chi connectivity index (χ1) is 19.9. The second-order valence-electron chi connectivity index (χ2n) is 12.7. The van der Waals surface area contributed by atoms with E-state index in [1.807, 2.05) is 84.6 Å². The lowest BCUT2D eigenvalue weighted by Crippen LogP contribution is -2.58. The largest absolute Gasteiger partial charge is 0.320 e. The Kier molecular flexibility index (Phi) is 6.33. The smallest absolute Gasteiger partial charge is 0.318 e. The van der Waals surface area contributed by atoms with E-state index in [9.17, 15) is 14.4 Å². The van der Waals surface area contributed by atoms with Gasteiger partial charge >= 0.3 is 6.03 Å². The van der Waals surface area contributed by atoms with Gasteiger partial charge in [0, 0.05) is 17.9 Å². The molecule has 0 aromatic heterocycles. The lowest BCUT2D eigenvalue weighted by Gasteiger charge is -2.57. The normalized spacial score (nSPS) is 28.3. The average molecular weight is 549 g/mol. The summed E-state index contributed by atoms with van der Waals surface area (Å²) >= 11 is 0. The van der Waals surface area contributed by atoms with Crippen LogP contribution < -0.4 is 20.4 Å². The van der Waals surface area contributed by atoms with Crippen LogP contribution in [-0.4, -0.2) is 30.4 Å². The number of carbonyl (C=O) groups is 3. The molecular formula is C34H36N4O3. The number of carbonyl (C=O) groups excluding carboxylic acids is 3. The van der Waals surface area contributed by atoms with Crippen molar-refractivity contribution in [3.05, 3.63) is 84.4 Å². The molecule has 4 fully saturated rings. The molecule has 4 amide bonds. The molecule has 2 N–H and O–H groups in total. The molecule has 0 saturated heterocycles. The maximum atomic E-state index is 14.5. The van der Waals surface area contributed by atoms with E-state index in [0.29, 0.717) is 29.3 Å². The summed E-state index contributed by atoms with van der Waals surface area (Å²) in [7, 11) is 0. The van der Waals surface area contributed by atoms with Gasteiger partial charge in [-0.3, -0.25) is 14.5 Å². The van der Waals surface area contributed by atoms with E-state index in [-0.39, 0.29) is 11.3 Å². The standard InChI is InChI=1S/C34H36N4O3/c1-22-9-5-6-12-27(22)35-33(41)36-30-31(39)37(21-34-18-23-15-24(19-34)17-25(16-23)20-34)28-13-7-8-14-29(28)38(32(30)40)26-10-3-2-4-11-26/h2-14,23-25,30H,15-21H2,1H3,(H2,35,36,41). The van der Waals surface area contributed by atoms with Gasteiger partial charge in [-0.2, -0.15) is 0 Å². The average Bonchev–Trinajstić information content (AvgIpc) is 3.03. The Morgan fingerprint density at radius 2 is 1.37 bits per heavy atom. The van der Waals surface area contributed by atoms with Crippen molar-refractivity contribution in [1.29, 1.82) is 0 Å². The van der Waals surface area contributed by atoms with Crippen LogP contribution in [0.2, 0.25) is 0 Å². The van der Waals surface area contributed by atoms with E-state index in [2.05, 4.69) is 10.6 Å². The first-order valence-electron chi connectivity index (χ1n) is 14.8. The first kappa shape index (κ1) is 25.8. The second-order valence-corrected chi connectivity index (χ2v) is 12.7. The van der Waals surface area contributed by atoms with E-state index in [1.54, 1.807) is 11.0 Å². The Bertz CT molecular complexity index is 1470. The van der Waals surface area contributed by atoms with Gasteiger partial charge in [-0.25, -0.2) is 4.79 Å². The molecule has 1 aliphatic heterocycles. The van der Waals surface area contributed by atoms with Crippen LogP contribution in [-0.2, 0) is 9.59 Å². The summed E-state index contributed by atoms with van der Waals surface area (Å²) in [6.45, 7) is 2.47. The number of amides is 4. The number of nitrogens with zero attached hydrogens (tertiary/aromatic N) is 2. The predicted octanol–water partition coefficient (Wildman–Crippen LogP) is 6.41. The minimum absolute atomic E-state index is 0.0520. The van der Waals surface area contributed by atoms with Gasteiger partial charge in [0.2, 0.25) is 0 Å². The minimum Gasteiger partial charge on any atom is -0.318 e. The molecule has 7 heteroatoms. The number of anilines is 4. The summed E-state index contributed by atoms with van der Waals surface area (Å²) in [5.41, 5.74) is 3.60. The number of hydrogen-bond acceptors (Lipinski definition) is 3. The van der Waals surface area contributed by atoms with Crippen molar-refractivity contribution in [3.8, 4) is 0 Å². The SMILES string of the molecule is Cc1ccccc1NC(=O)NC1C(=O)N(CC23CC4CC(CC(C4)C2)C3)c2ccccc2N(c2ccccc2)C1=O. The highest BCUT2D eigenvalue weighted by atomic mass is 16.2. The monoisotopic (exact) mass is 548 g/mol. The zero-order chi connectivity index (χ0) is 28.1. The summed E-state index contributed by atoms with van der Waals surface area (Å²) in [5.74, 6) is 1.35. The molecule has 0 radical (unpaired) electrons. The van der Waals surface area contributed by atoms with Crippen molar-refractivity contribution in [2.45, 2.75) is 51.5 Å². The highest BCUT2D eigenvalue weighted by Gasteiger charge is 2.53. The summed E-state index contributed by atoms with van der Waals surface area (Å²) in [4.78, 5) is 45.5. The van der Waals surface area contributed by atoms with Crippen LogP contribution in [0, 0.1) is 30.1 Å². The highest BCUT2D eigenvalue weighted by Crippen LogP contribution is 2.60. The molecule has 8 rings (SSSR count). The molecular weight excluding hydrogens is 512 g/mol. The molecule has 1 atom stereocenters. The number of nitrogens with one attached hydrogen (secondary N) is 2. The van der Waals surface area contributed by atoms with Gasteiger partial charge in [-0.15, -0.1) is 0 Å². The maximum absolute atomic E-state index is 14.5. The van der Waals surface area contributed by atoms with Gasteiger partial charge in [0.25, 0.3) is 11.8 Å². The first-order valence-corrected chi connectivity index (χ1v) is 14.8. The molecule has 5 aliphatic rings. The van der Waals surface area contributed by atoms with E-state index in [4.69, 9.17) is 0 Å². The van der Waals surface area contributed by atoms with Crippen LogP contribution in [0.4, 0.5) is 27.5 Å². The van der Waals surface area contributed by atoms with Crippen molar-refractivity contribution in [3.63, 3.8) is 0 Å². The Hall–Kier alpha value is -4.13. The lowest BCUT2D eigenvalue weighted by atomic mass is 9.49. The Morgan fingerprint density at radius 3 is 2.02 bits per heavy atom. The molecule has 4 saturated carbocycles. The molecule has 41 heavy (non-hydrogen) atoms. The van der Waals surface area contributed by atoms with Crippen molar-refractivity contribution < 1.29 is 14.4 Å². The predicted molar refractivity (Wildman–Crippen MR) is 160 cm³/mol. The quantitative estimate of drug-likeness (QED) is 0.362. The van der Waals surface area contributed by atoms with Crippen LogP contribution in [0.5, 0.6) is 0 Å².